The number of hydrogen-bond donors (Lipinski definition) is 0. The number of carbonyl (C=O) groups excluding carboxylic acids is 1. The van der Waals surface area contributed by atoms with E-state index < -0.39 is 5.97 Å². The van der Waals surface area contributed by atoms with E-state index in [0.29, 0.717) is 0 Å². The lowest BCUT2D eigenvalue weighted by Gasteiger charge is -2.00. The maximum Gasteiger partial charge on any atom is 0.330 e. The first kappa shape index (κ1) is 10.4. The third-order valence-electron chi connectivity index (χ3n) is 1.84. The Bertz CT molecular complexity index is 352. The van der Waals surface area contributed by atoms with Crippen LogP contribution in [0.25, 0.3) is 5.57 Å². The van der Waals surface area contributed by atoms with Crippen molar-refractivity contribution in [3.63, 3.8) is 0 Å². The maximum atomic E-state index is 12.6. The van der Waals surface area contributed by atoms with E-state index in [4.69, 9.17) is 0 Å². The molecule has 14 heavy (non-hydrogen) atoms. The van der Waals surface area contributed by atoms with E-state index in [9.17, 15) is 9.18 Å². The lowest BCUT2D eigenvalue weighted by atomic mass is 10.1. The molecule has 2 nitrogen and oxygen atoms in total. The Balaban J connectivity index is 2.89. The van der Waals surface area contributed by atoms with Gasteiger partial charge in [-0.3, -0.25) is 0 Å². The molecule has 0 aliphatic heterocycles. The molecule has 0 aliphatic rings. The zero-order chi connectivity index (χ0) is 10.6. The molecule has 74 valence electrons. The van der Waals surface area contributed by atoms with E-state index in [1.807, 2.05) is 0 Å². The molecule has 0 saturated heterocycles. The van der Waals surface area contributed by atoms with Crippen LogP contribution in [0.4, 0.5) is 4.39 Å². The molecule has 0 aromatic heterocycles. The highest BCUT2D eigenvalue weighted by atomic mass is 19.1. The van der Waals surface area contributed by atoms with Gasteiger partial charge in [0.15, 0.2) is 0 Å². The van der Waals surface area contributed by atoms with Gasteiger partial charge >= 0.3 is 5.97 Å². The second-order valence-corrected chi connectivity index (χ2v) is 2.86. The molecule has 0 heterocycles. The van der Waals surface area contributed by atoms with Crippen LogP contribution in [-0.2, 0) is 9.53 Å². The number of carbonyl (C=O) groups is 1. The topological polar surface area (TPSA) is 26.3 Å². The van der Waals surface area contributed by atoms with Crippen LogP contribution in [0.5, 0.6) is 0 Å². The second-order valence-electron chi connectivity index (χ2n) is 2.86. The molecular formula is C11H11FO2. The number of allylic oxidation sites excluding steroid dienone is 1. The zero-order valence-corrected chi connectivity index (χ0v) is 8.08. The molecule has 1 aromatic carbocycles. The van der Waals surface area contributed by atoms with E-state index in [1.165, 1.54) is 25.3 Å². The highest BCUT2D eigenvalue weighted by Crippen LogP contribution is 2.13. The largest absolute Gasteiger partial charge is 0.466 e. The van der Waals surface area contributed by atoms with Gasteiger partial charge in [0.05, 0.1) is 7.11 Å². The molecule has 0 saturated carbocycles. The Morgan fingerprint density at radius 1 is 1.36 bits per heavy atom. The summed E-state index contributed by atoms with van der Waals surface area (Å²) in [5.74, 6) is -0.702. The number of esters is 1. The predicted molar refractivity (Wildman–Crippen MR) is 52.1 cm³/mol. The summed E-state index contributed by atoms with van der Waals surface area (Å²) in [5.41, 5.74) is 1.55. The van der Waals surface area contributed by atoms with E-state index in [-0.39, 0.29) is 5.82 Å². The Kier molecular flexibility index (Phi) is 3.40. The Morgan fingerprint density at radius 2 is 1.93 bits per heavy atom. The van der Waals surface area contributed by atoms with Crippen LogP contribution >= 0.6 is 0 Å². The third-order valence-corrected chi connectivity index (χ3v) is 1.84. The summed E-state index contributed by atoms with van der Waals surface area (Å²) >= 11 is 0. The molecule has 0 aliphatic carbocycles. The normalized spacial score (nSPS) is 11.2. The summed E-state index contributed by atoms with van der Waals surface area (Å²) in [7, 11) is 1.32. The second kappa shape index (κ2) is 4.56. The van der Waals surface area contributed by atoms with Crippen molar-refractivity contribution < 1.29 is 13.9 Å². The highest BCUT2D eigenvalue weighted by molar-refractivity contribution is 5.90. The first-order valence-electron chi connectivity index (χ1n) is 4.15. The summed E-state index contributed by atoms with van der Waals surface area (Å²) in [4.78, 5) is 10.9. The third kappa shape index (κ3) is 2.69. The average molecular weight is 194 g/mol. The van der Waals surface area contributed by atoms with Crippen molar-refractivity contribution in [1.29, 1.82) is 0 Å². The Labute approximate surface area is 82.0 Å². The summed E-state index contributed by atoms with van der Waals surface area (Å²) in [6.07, 6.45) is 1.37. The monoisotopic (exact) mass is 194 g/mol. The lowest BCUT2D eigenvalue weighted by molar-refractivity contribution is -0.134. The number of rotatable bonds is 2. The van der Waals surface area contributed by atoms with E-state index >= 15 is 0 Å². The number of methoxy groups -OCH3 is 1. The molecule has 0 spiro atoms. The van der Waals surface area contributed by atoms with Gasteiger partial charge in [-0.1, -0.05) is 12.1 Å². The van der Waals surface area contributed by atoms with Crippen LogP contribution in [-0.4, -0.2) is 13.1 Å². The van der Waals surface area contributed by atoms with Crippen LogP contribution < -0.4 is 0 Å². The highest BCUT2D eigenvalue weighted by Gasteiger charge is 1.99. The van der Waals surface area contributed by atoms with Crippen molar-refractivity contribution in [1.82, 2.24) is 0 Å². The van der Waals surface area contributed by atoms with Gasteiger partial charge in [0.1, 0.15) is 5.82 Å². The van der Waals surface area contributed by atoms with Gasteiger partial charge in [-0.15, -0.1) is 0 Å². The number of benzene rings is 1. The molecule has 1 aromatic rings. The lowest BCUT2D eigenvalue weighted by Crippen LogP contribution is -1.95. The molecule has 0 unspecified atom stereocenters. The fourth-order valence-corrected chi connectivity index (χ4v) is 1.03. The van der Waals surface area contributed by atoms with Crippen molar-refractivity contribution in [2.75, 3.05) is 7.11 Å². The molecule has 3 heteroatoms. The van der Waals surface area contributed by atoms with Gasteiger partial charge in [0.2, 0.25) is 0 Å². The van der Waals surface area contributed by atoms with Crippen molar-refractivity contribution in [3.05, 3.63) is 41.7 Å². The van der Waals surface area contributed by atoms with Crippen LogP contribution in [0.15, 0.2) is 30.3 Å². The fraction of sp³-hybridized carbons (Fsp3) is 0.182. The smallest absolute Gasteiger partial charge is 0.330 e. The first-order valence-corrected chi connectivity index (χ1v) is 4.15. The molecule has 0 bridgehead atoms. The van der Waals surface area contributed by atoms with Gasteiger partial charge < -0.3 is 4.74 Å². The van der Waals surface area contributed by atoms with Gasteiger partial charge in [0.25, 0.3) is 0 Å². The Hall–Kier alpha value is -1.64. The minimum atomic E-state index is -0.410. The molecule has 0 amide bonds. The number of halogens is 1. The van der Waals surface area contributed by atoms with E-state index in [2.05, 4.69) is 4.74 Å². The van der Waals surface area contributed by atoms with Crippen molar-refractivity contribution in [2.24, 2.45) is 0 Å². The molecule has 0 atom stereocenters. The zero-order valence-electron chi connectivity index (χ0n) is 8.08. The molecule has 0 radical (unpaired) electrons. The summed E-state index contributed by atoms with van der Waals surface area (Å²) in [6, 6.07) is 5.93. The molecular weight excluding hydrogens is 183 g/mol. The SMILES string of the molecule is COC(=O)/C=C(\C)c1ccc(F)cc1. The minimum Gasteiger partial charge on any atom is -0.466 e. The van der Waals surface area contributed by atoms with E-state index in [1.54, 1.807) is 19.1 Å². The summed E-state index contributed by atoms with van der Waals surface area (Å²) in [6.45, 7) is 1.77. The van der Waals surface area contributed by atoms with Gasteiger partial charge in [-0.05, 0) is 30.2 Å². The molecule has 0 fully saturated rings. The maximum absolute atomic E-state index is 12.6. The quantitative estimate of drug-likeness (QED) is 0.533. The molecule has 1 rings (SSSR count). The van der Waals surface area contributed by atoms with Crippen LogP contribution in [0, 0.1) is 5.82 Å². The van der Waals surface area contributed by atoms with Crippen molar-refractivity contribution >= 4 is 11.5 Å². The summed E-state index contributed by atoms with van der Waals surface area (Å²) < 4.78 is 17.0. The first-order chi connectivity index (χ1) is 6.63. The standard InChI is InChI=1S/C11H11FO2/c1-8(7-11(13)14-2)9-3-5-10(12)6-4-9/h3-7H,1-2H3/b8-7+. The van der Waals surface area contributed by atoms with Gasteiger partial charge in [0, 0.05) is 6.08 Å². The summed E-state index contributed by atoms with van der Waals surface area (Å²) in [5, 5.41) is 0. The number of ether oxygens (including phenoxy) is 1. The van der Waals surface area contributed by atoms with Crippen molar-refractivity contribution in [2.45, 2.75) is 6.92 Å². The van der Waals surface area contributed by atoms with Crippen LogP contribution in [0.1, 0.15) is 12.5 Å². The molecule has 0 N–H and O–H groups in total. The van der Waals surface area contributed by atoms with Crippen LogP contribution in [0.3, 0.4) is 0 Å². The Morgan fingerprint density at radius 3 is 2.43 bits per heavy atom. The minimum absolute atomic E-state index is 0.292. The van der Waals surface area contributed by atoms with E-state index in [0.717, 1.165) is 11.1 Å². The van der Waals surface area contributed by atoms with Crippen molar-refractivity contribution in [3.8, 4) is 0 Å². The number of hydrogen-bond acceptors (Lipinski definition) is 2. The van der Waals surface area contributed by atoms with Crippen LogP contribution in [0.2, 0.25) is 0 Å². The predicted octanol–water partition coefficient (Wildman–Crippen LogP) is 2.40. The van der Waals surface area contributed by atoms with Gasteiger partial charge in [-0.25, -0.2) is 9.18 Å². The average Bonchev–Trinajstić information content (AvgIpc) is 2.18. The fourth-order valence-electron chi connectivity index (χ4n) is 1.03. The van der Waals surface area contributed by atoms with Gasteiger partial charge in [-0.2, -0.15) is 0 Å².